The molecule has 0 rings (SSSR count). The molecule has 0 saturated carbocycles. The molecule has 0 aromatic rings. The minimum Gasteiger partial charge on any atom is -0.232 e. The molecule has 10 heavy (non-hydrogen) atoms. The van der Waals surface area contributed by atoms with Crippen molar-refractivity contribution in [1.82, 2.24) is 0 Å². The summed E-state index contributed by atoms with van der Waals surface area (Å²) in [6.07, 6.45) is -8.68. The van der Waals surface area contributed by atoms with Crippen molar-refractivity contribution >= 4 is 0 Å². The summed E-state index contributed by atoms with van der Waals surface area (Å²) in [5, 5.41) is 0. The van der Waals surface area contributed by atoms with Crippen molar-refractivity contribution in [3.8, 4) is 0 Å². The third-order valence-electron chi connectivity index (χ3n) is 0.273. The van der Waals surface area contributed by atoms with Crippen molar-refractivity contribution in [3.05, 3.63) is 19.3 Å². The maximum atomic E-state index is 10.8. The van der Waals surface area contributed by atoms with E-state index in [0.717, 1.165) is 0 Å². The average molecular weight is 163 g/mol. The molecule has 0 amide bonds. The van der Waals surface area contributed by atoms with Gasteiger partial charge in [0.1, 0.15) is 0 Å². The van der Waals surface area contributed by atoms with Gasteiger partial charge in [0.15, 0.2) is 0 Å². The highest BCUT2D eigenvalue weighted by Gasteiger charge is 2.24. The predicted molar refractivity (Wildman–Crippen MR) is 20.7 cm³/mol. The standard InChI is InChI=1S/C3HF5.CF/c4-2(5)1-3(6,7)8;1-2/h1H;. The summed E-state index contributed by atoms with van der Waals surface area (Å²) in [6.45, 7) is 0. The van der Waals surface area contributed by atoms with Crippen LogP contribution in [-0.4, -0.2) is 6.18 Å². The molecule has 0 heterocycles. The van der Waals surface area contributed by atoms with Gasteiger partial charge in [-0.2, -0.15) is 22.0 Å². The molecule has 6 heteroatoms. The molecule has 0 bridgehead atoms. The number of halogens is 6. The Morgan fingerprint density at radius 3 is 1.40 bits per heavy atom. The molecule has 0 aliphatic heterocycles. The van der Waals surface area contributed by atoms with Crippen LogP contribution in [0.4, 0.5) is 26.3 Å². The quantitative estimate of drug-likeness (QED) is 0.481. The molecule has 0 N–H and O–H groups in total. The lowest BCUT2D eigenvalue weighted by Crippen LogP contribution is -2.00. The molecule has 0 saturated heterocycles. The highest BCUT2D eigenvalue weighted by atomic mass is 19.4. The number of hydrogen-bond acceptors (Lipinski definition) is 0. The maximum Gasteiger partial charge on any atom is 0.414 e. The zero-order valence-corrected chi connectivity index (χ0v) is 4.35. The Bertz CT molecular complexity index is 96.8. The van der Waals surface area contributed by atoms with Gasteiger partial charge in [0, 0.05) is 0 Å². The van der Waals surface area contributed by atoms with Gasteiger partial charge in [0.25, 0.3) is 6.08 Å². The van der Waals surface area contributed by atoms with Gasteiger partial charge in [-0.25, -0.2) is 4.39 Å². The van der Waals surface area contributed by atoms with Gasteiger partial charge in [-0.15, -0.1) is 0 Å². The molecular weight excluding hydrogens is 162 g/mol. The summed E-state index contributed by atoms with van der Waals surface area (Å²) in [7, 11) is 4.25. The normalized spacial score (nSPS) is 9.50. The fraction of sp³-hybridized carbons (Fsp3) is 0.250. The van der Waals surface area contributed by atoms with Crippen LogP contribution in [0.3, 0.4) is 0 Å². The number of alkyl halides is 3. The van der Waals surface area contributed by atoms with Crippen molar-refractivity contribution in [2.24, 2.45) is 0 Å². The molecular formula is C4HF6. The number of allylic oxidation sites excluding steroid dienone is 1. The van der Waals surface area contributed by atoms with Crippen LogP contribution < -0.4 is 0 Å². The molecule has 0 fully saturated rings. The Morgan fingerprint density at radius 2 is 1.40 bits per heavy atom. The maximum absolute atomic E-state index is 10.8. The average Bonchev–Trinajstić information content (AvgIpc) is 1.64. The van der Waals surface area contributed by atoms with Crippen molar-refractivity contribution < 1.29 is 26.3 Å². The van der Waals surface area contributed by atoms with E-state index in [1.54, 1.807) is 0 Å². The van der Waals surface area contributed by atoms with E-state index in [1.807, 2.05) is 0 Å². The Balaban J connectivity index is 0. The van der Waals surface area contributed by atoms with Crippen LogP contribution in [0.5, 0.6) is 0 Å². The molecule has 0 aliphatic carbocycles. The number of hydrogen-bond donors (Lipinski definition) is 0. The third kappa shape index (κ3) is 15.7. The Morgan fingerprint density at radius 1 is 1.10 bits per heavy atom. The summed E-state index contributed by atoms with van der Waals surface area (Å²) in [5.74, 6) is 0. The van der Waals surface area contributed by atoms with Crippen LogP contribution in [0, 0.1) is 7.18 Å². The van der Waals surface area contributed by atoms with Crippen LogP contribution >= 0.6 is 0 Å². The lowest BCUT2D eigenvalue weighted by atomic mass is 10.6. The summed E-state index contributed by atoms with van der Waals surface area (Å²) < 4.78 is 62.3. The van der Waals surface area contributed by atoms with Gasteiger partial charge >= 0.3 is 6.18 Å². The largest absolute Gasteiger partial charge is 0.414 e. The SMILES string of the molecule is FC(F)=CC(F)(F)F.[C]F. The molecule has 0 nitrogen and oxygen atoms in total. The van der Waals surface area contributed by atoms with E-state index in [0.29, 0.717) is 0 Å². The lowest BCUT2D eigenvalue weighted by Gasteiger charge is -1.93. The second kappa shape index (κ2) is 5.13. The first-order chi connectivity index (χ1) is 4.42. The zero-order chi connectivity index (χ0) is 8.78. The Labute approximate surface area is 53.1 Å². The van der Waals surface area contributed by atoms with Crippen molar-refractivity contribution in [3.63, 3.8) is 0 Å². The highest BCUT2D eigenvalue weighted by Crippen LogP contribution is 2.19. The number of rotatable bonds is 0. The fourth-order valence-electron chi connectivity index (χ4n) is 0.124. The van der Waals surface area contributed by atoms with E-state index >= 15 is 0 Å². The highest BCUT2D eigenvalue weighted by molar-refractivity contribution is 4.87. The van der Waals surface area contributed by atoms with Crippen LogP contribution in [0.1, 0.15) is 0 Å². The predicted octanol–water partition coefficient (Wildman–Crippen LogP) is 2.83. The van der Waals surface area contributed by atoms with E-state index in [1.165, 1.54) is 0 Å². The second-order valence-electron chi connectivity index (χ2n) is 0.976. The smallest absolute Gasteiger partial charge is 0.232 e. The molecule has 0 aromatic carbocycles. The van der Waals surface area contributed by atoms with Gasteiger partial charge in [0.05, 0.1) is 6.08 Å². The van der Waals surface area contributed by atoms with E-state index in [2.05, 4.69) is 7.18 Å². The van der Waals surface area contributed by atoms with Gasteiger partial charge in [-0.3, -0.25) is 0 Å². The van der Waals surface area contributed by atoms with Gasteiger partial charge in [0.2, 0.25) is 7.18 Å². The van der Waals surface area contributed by atoms with Crippen LogP contribution in [0.2, 0.25) is 0 Å². The van der Waals surface area contributed by atoms with E-state index in [9.17, 15) is 22.0 Å². The van der Waals surface area contributed by atoms with Crippen LogP contribution in [-0.2, 0) is 0 Å². The molecule has 0 aliphatic rings. The van der Waals surface area contributed by atoms with E-state index in [4.69, 9.17) is 4.39 Å². The Hall–Kier alpha value is -0.680. The fourth-order valence-corrected chi connectivity index (χ4v) is 0.124. The first kappa shape index (κ1) is 12.0. The van der Waals surface area contributed by atoms with Gasteiger partial charge in [-0.05, 0) is 0 Å². The monoisotopic (exact) mass is 163 g/mol. The minimum absolute atomic E-state index is 1.06. The van der Waals surface area contributed by atoms with E-state index < -0.39 is 18.3 Å². The van der Waals surface area contributed by atoms with Crippen molar-refractivity contribution in [2.75, 3.05) is 0 Å². The van der Waals surface area contributed by atoms with E-state index in [-0.39, 0.29) is 0 Å². The molecule has 0 spiro atoms. The Kier molecular flexibility index (Phi) is 6.18. The lowest BCUT2D eigenvalue weighted by molar-refractivity contribution is -0.0826. The van der Waals surface area contributed by atoms with Crippen molar-refractivity contribution in [2.45, 2.75) is 6.18 Å². The molecule has 3 radical (unpaired) electrons. The summed E-state index contributed by atoms with van der Waals surface area (Å²) in [5.41, 5.74) is 0. The molecule has 0 atom stereocenters. The second-order valence-corrected chi connectivity index (χ2v) is 0.976. The zero-order valence-electron chi connectivity index (χ0n) is 4.35. The van der Waals surface area contributed by atoms with Gasteiger partial charge < -0.3 is 0 Å². The first-order valence-electron chi connectivity index (χ1n) is 1.71. The topological polar surface area (TPSA) is 0 Å². The third-order valence-corrected chi connectivity index (χ3v) is 0.273. The molecule has 59 valence electrons. The first-order valence-corrected chi connectivity index (χ1v) is 1.71. The van der Waals surface area contributed by atoms with Crippen LogP contribution in [0.15, 0.2) is 12.2 Å². The van der Waals surface area contributed by atoms with Crippen LogP contribution in [0.25, 0.3) is 0 Å². The summed E-state index contributed by atoms with van der Waals surface area (Å²) >= 11 is 0. The molecule has 0 unspecified atom stereocenters. The molecule has 0 aromatic heterocycles. The summed E-state index contributed by atoms with van der Waals surface area (Å²) in [6, 6.07) is 0. The summed E-state index contributed by atoms with van der Waals surface area (Å²) in [4.78, 5) is 0. The minimum atomic E-state index is -4.89. The van der Waals surface area contributed by atoms with Gasteiger partial charge in [-0.1, -0.05) is 0 Å². The van der Waals surface area contributed by atoms with Crippen molar-refractivity contribution in [1.29, 1.82) is 0 Å².